The van der Waals surface area contributed by atoms with Crippen LogP contribution in [0.15, 0.2) is 51.8 Å². The second-order valence-corrected chi connectivity index (χ2v) is 9.52. The predicted octanol–water partition coefficient (Wildman–Crippen LogP) is 4.16. The van der Waals surface area contributed by atoms with Crippen LogP contribution in [0.1, 0.15) is 48.1 Å². The third-order valence-corrected chi connectivity index (χ3v) is 7.04. The average molecular weight is 469 g/mol. The van der Waals surface area contributed by atoms with E-state index < -0.39 is 21.7 Å². The van der Waals surface area contributed by atoms with E-state index in [9.17, 15) is 17.6 Å². The van der Waals surface area contributed by atoms with E-state index in [4.69, 9.17) is 0 Å². The van der Waals surface area contributed by atoms with Crippen molar-refractivity contribution in [3.8, 4) is 0 Å². The Bertz CT molecular complexity index is 960. The van der Waals surface area contributed by atoms with E-state index in [0.29, 0.717) is 0 Å². The molecule has 2 aromatic rings. The number of benzene rings is 2. The Morgan fingerprint density at radius 1 is 1.21 bits per heavy atom. The molecule has 28 heavy (non-hydrogen) atoms. The van der Waals surface area contributed by atoms with Crippen LogP contribution in [0.5, 0.6) is 0 Å². The molecule has 0 spiro atoms. The maximum Gasteiger partial charge on any atom is 0.254 e. The van der Waals surface area contributed by atoms with Gasteiger partial charge in [0.25, 0.3) is 5.91 Å². The number of hydrogen-bond donors (Lipinski definition) is 2. The molecular weight excluding hydrogens is 447 g/mol. The van der Waals surface area contributed by atoms with Gasteiger partial charge in [-0.25, -0.2) is 17.5 Å². The van der Waals surface area contributed by atoms with Crippen molar-refractivity contribution in [3.05, 3.63) is 63.9 Å². The Labute approximate surface area is 172 Å². The first-order chi connectivity index (χ1) is 13.3. The second kappa shape index (κ2) is 8.71. The molecule has 1 fully saturated rings. The highest BCUT2D eigenvalue weighted by Crippen LogP contribution is 2.38. The van der Waals surface area contributed by atoms with Gasteiger partial charge in [-0.3, -0.25) is 4.79 Å². The lowest BCUT2D eigenvalue weighted by Gasteiger charge is -2.34. The molecule has 0 bridgehead atoms. The fourth-order valence-corrected chi connectivity index (χ4v) is 4.59. The fourth-order valence-electron chi connectivity index (χ4n) is 3.25. The van der Waals surface area contributed by atoms with Crippen molar-refractivity contribution >= 4 is 31.9 Å². The first-order valence-corrected chi connectivity index (χ1v) is 11.4. The molecule has 2 aromatic carbocycles. The summed E-state index contributed by atoms with van der Waals surface area (Å²) in [6, 6.07) is 10.7. The molecular formula is C20H22BrFN2O3S. The Hall–Kier alpha value is -1.77. The maximum absolute atomic E-state index is 14.3. The molecule has 0 radical (unpaired) electrons. The SMILES string of the molecule is CCNS(=O)(=O)c1ccc(F)c(C(=O)NC(c2ccc(Br)cc2)C2CCC2)c1. The molecule has 1 aliphatic carbocycles. The normalized spacial score (nSPS) is 15.7. The Morgan fingerprint density at radius 3 is 2.46 bits per heavy atom. The molecule has 150 valence electrons. The quantitative estimate of drug-likeness (QED) is 0.640. The van der Waals surface area contributed by atoms with Crippen LogP contribution in [0.2, 0.25) is 0 Å². The van der Waals surface area contributed by atoms with Gasteiger partial charge in [0, 0.05) is 11.0 Å². The van der Waals surface area contributed by atoms with E-state index in [1.807, 2.05) is 24.3 Å². The van der Waals surface area contributed by atoms with Crippen LogP contribution >= 0.6 is 15.9 Å². The smallest absolute Gasteiger partial charge is 0.254 e. The van der Waals surface area contributed by atoms with Crippen LogP contribution < -0.4 is 10.0 Å². The van der Waals surface area contributed by atoms with Crippen molar-refractivity contribution in [2.24, 2.45) is 5.92 Å². The zero-order valence-electron chi connectivity index (χ0n) is 15.4. The Morgan fingerprint density at radius 2 is 1.89 bits per heavy atom. The number of carbonyl (C=O) groups is 1. The van der Waals surface area contributed by atoms with Gasteiger partial charge in [0.2, 0.25) is 10.0 Å². The zero-order chi connectivity index (χ0) is 20.3. The lowest BCUT2D eigenvalue weighted by molar-refractivity contribution is 0.0896. The van der Waals surface area contributed by atoms with Gasteiger partial charge in [0.15, 0.2) is 0 Å². The summed E-state index contributed by atoms with van der Waals surface area (Å²) in [6.07, 6.45) is 3.06. The minimum Gasteiger partial charge on any atom is -0.345 e. The van der Waals surface area contributed by atoms with Crippen molar-refractivity contribution in [3.63, 3.8) is 0 Å². The zero-order valence-corrected chi connectivity index (χ0v) is 17.8. The summed E-state index contributed by atoms with van der Waals surface area (Å²) in [5.74, 6) is -1.09. The van der Waals surface area contributed by atoms with Crippen molar-refractivity contribution < 1.29 is 17.6 Å². The summed E-state index contributed by atoms with van der Waals surface area (Å²) in [4.78, 5) is 12.7. The van der Waals surface area contributed by atoms with Crippen LogP contribution in [0.25, 0.3) is 0 Å². The highest BCUT2D eigenvalue weighted by molar-refractivity contribution is 9.10. The molecule has 0 aromatic heterocycles. The highest BCUT2D eigenvalue weighted by atomic mass is 79.9. The van der Waals surface area contributed by atoms with Gasteiger partial charge in [-0.15, -0.1) is 0 Å². The number of halogens is 2. The maximum atomic E-state index is 14.3. The van der Waals surface area contributed by atoms with Gasteiger partial charge >= 0.3 is 0 Å². The minimum absolute atomic E-state index is 0.135. The third kappa shape index (κ3) is 4.61. The monoisotopic (exact) mass is 468 g/mol. The van der Waals surface area contributed by atoms with E-state index in [1.54, 1.807) is 6.92 Å². The van der Waals surface area contributed by atoms with Crippen LogP contribution in [0.3, 0.4) is 0 Å². The summed E-state index contributed by atoms with van der Waals surface area (Å²) < 4.78 is 42.0. The molecule has 3 rings (SSSR count). The number of amides is 1. The molecule has 1 saturated carbocycles. The van der Waals surface area contributed by atoms with E-state index in [0.717, 1.165) is 47.5 Å². The van der Waals surface area contributed by atoms with Gasteiger partial charge in [-0.05, 0) is 54.7 Å². The summed E-state index contributed by atoms with van der Waals surface area (Å²) in [5, 5.41) is 2.91. The number of nitrogens with one attached hydrogen (secondary N) is 2. The van der Waals surface area contributed by atoms with Gasteiger partial charge in [-0.1, -0.05) is 41.4 Å². The molecule has 0 saturated heterocycles. The van der Waals surface area contributed by atoms with E-state index >= 15 is 0 Å². The van der Waals surface area contributed by atoms with Crippen molar-refractivity contribution in [2.45, 2.75) is 37.1 Å². The number of carbonyl (C=O) groups excluding carboxylic acids is 1. The summed E-state index contributed by atoms with van der Waals surface area (Å²) in [5.41, 5.74) is 0.665. The summed E-state index contributed by atoms with van der Waals surface area (Å²) >= 11 is 3.40. The largest absolute Gasteiger partial charge is 0.345 e. The van der Waals surface area contributed by atoms with Crippen molar-refractivity contribution in [1.82, 2.24) is 10.0 Å². The molecule has 1 unspecified atom stereocenters. The van der Waals surface area contributed by atoms with E-state index in [-0.39, 0.29) is 29.0 Å². The second-order valence-electron chi connectivity index (χ2n) is 6.84. The molecule has 1 aliphatic rings. The van der Waals surface area contributed by atoms with E-state index in [1.165, 1.54) is 0 Å². The summed E-state index contributed by atoms with van der Waals surface area (Å²) in [6.45, 7) is 1.85. The molecule has 1 amide bonds. The van der Waals surface area contributed by atoms with E-state index in [2.05, 4.69) is 26.0 Å². The van der Waals surface area contributed by atoms with Gasteiger partial charge < -0.3 is 5.32 Å². The standard InChI is InChI=1S/C20H22BrFN2O3S/c1-2-23-28(26,27)16-10-11-18(22)17(12-16)20(25)24-19(13-4-3-5-13)14-6-8-15(21)9-7-14/h6-13,19,23H,2-5H2,1H3,(H,24,25). The average Bonchev–Trinajstić information content (AvgIpc) is 2.60. The molecule has 1 atom stereocenters. The van der Waals surface area contributed by atoms with Crippen molar-refractivity contribution in [2.75, 3.05) is 6.54 Å². The van der Waals surface area contributed by atoms with Crippen molar-refractivity contribution in [1.29, 1.82) is 0 Å². The van der Waals surface area contributed by atoms with Crippen LogP contribution in [-0.4, -0.2) is 20.9 Å². The third-order valence-electron chi connectivity index (χ3n) is 4.96. The first kappa shape index (κ1) is 21.0. The minimum atomic E-state index is -3.78. The molecule has 2 N–H and O–H groups in total. The highest BCUT2D eigenvalue weighted by Gasteiger charge is 2.31. The number of sulfonamides is 1. The molecule has 8 heteroatoms. The lowest BCUT2D eigenvalue weighted by Crippen LogP contribution is -2.36. The molecule has 0 heterocycles. The van der Waals surface area contributed by atoms with Gasteiger partial charge in [0.1, 0.15) is 5.82 Å². The van der Waals surface area contributed by atoms with Crippen LogP contribution in [0, 0.1) is 11.7 Å². The van der Waals surface area contributed by atoms with Crippen LogP contribution in [-0.2, 0) is 10.0 Å². The topological polar surface area (TPSA) is 75.3 Å². The Kier molecular flexibility index (Phi) is 6.52. The first-order valence-electron chi connectivity index (χ1n) is 9.17. The van der Waals surface area contributed by atoms with Crippen LogP contribution in [0.4, 0.5) is 4.39 Å². The number of hydrogen-bond acceptors (Lipinski definition) is 3. The number of rotatable bonds is 7. The van der Waals surface area contributed by atoms with Gasteiger partial charge in [0.05, 0.1) is 16.5 Å². The molecule has 0 aliphatic heterocycles. The van der Waals surface area contributed by atoms with Gasteiger partial charge in [-0.2, -0.15) is 0 Å². The predicted molar refractivity (Wildman–Crippen MR) is 109 cm³/mol. The lowest BCUT2D eigenvalue weighted by atomic mass is 9.77. The summed E-state index contributed by atoms with van der Waals surface area (Å²) in [7, 11) is -3.78. The molecule has 5 nitrogen and oxygen atoms in total. The fraction of sp³-hybridized carbons (Fsp3) is 0.350. The Balaban J connectivity index is 1.88.